The molecule has 9 rings (SSSR count). The summed E-state index contributed by atoms with van der Waals surface area (Å²) in [4.78, 5) is 25.6. The molecule has 0 saturated carbocycles. The maximum absolute atomic E-state index is 11.3. The number of oxime groups is 1. The molecular formula is C38H24N6O2S2. The molecule has 0 unspecified atom stereocenters. The Morgan fingerprint density at radius 3 is 1.77 bits per heavy atom. The summed E-state index contributed by atoms with van der Waals surface area (Å²) >= 11 is 3.38. The number of aromatic nitrogens is 2. The molecule has 0 aliphatic carbocycles. The molecule has 5 heterocycles. The first kappa shape index (κ1) is 29.3. The van der Waals surface area contributed by atoms with E-state index in [1.165, 1.54) is 9.40 Å². The molecule has 1 aliphatic heterocycles. The fourth-order valence-corrected chi connectivity index (χ4v) is 7.48. The van der Waals surface area contributed by atoms with Gasteiger partial charge in [0.25, 0.3) is 0 Å². The molecule has 0 saturated heterocycles. The van der Waals surface area contributed by atoms with Crippen LogP contribution in [-0.4, -0.2) is 21.6 Å². The Bertz CT molecular complexity index is 2550. The van der Waals surface area contributed by atoms with E-state index in [0.717, 1.165) is 61.2 Å². The van der Waals surface area contributed by atoms with Crippen LogP contribution in [0.4, 0.5) is 23.0 Å². The van der Waals surface area contributed by atoms with Crippen molar-refractivity contribution in [3.05, 3.63) is 131 Å². The van der Waals surface area contributed by atoms with Crippen molar-refractivity contribution in [2.45, 2.75) is 6.42 Å². The van der Waals surface area contributed by atoms with Gasteiger partial charge < -0.3 is 15.5 Å². The first-order valence-electron chi connectivity index (χ1n) is 15.1. The molecule has 0 fully saturated rings. The molecule has 2 N–H and O–H groups in total. The summed E-state index contributed by atoms with van der Waals surface area (Å²) in [5, 5.41) is 28.2. The third-order valence-electron chi connectivity index (χ3n) is 7.89. The molecule has 4 aromatic heterocycles. The fraction of sp³-hybridized carbons (Fsp3) is 0.0263. The number of anilines is 4. The first-order valence-corrected chi connectivity index (χ1v) is 16.8. The number of carbonyl (C=O) groups is 1. The Hall–Kier alpha value is -6.15. The van der Waals surface area contributed by atoms with Crippen LogP contribution < -0.4 is 10.6 Å². The lowest BCUT2D eigenvalue weighted by Gasteiger charge is -2.10. The van der Waals surface area contributed by atoms with E-state index < -0.39 is 0 Å². The third kappa shape index (κ3) is 5.69. The highest BCUT2D eigenvalue weighted by Gasteiger charge is 2.20. The molecule has 0 bridgehead atoms. The highest BCUT2D eigenvalue weighted by molar-refractivity contribution is 7.18. The fourth-order valence-electron chi connectivity index (χ4n) is 5.62. The zero-order valence-corrected chi connectivity index (χ0v) is 26.8. The Morgan fingerprint density at radius 1 is 0.667 bits per heavy atom. The monoisotopic (exact) mass is 660 g/mol. The van der Waals surface area contributed by atoms with Crippen molar-refractivity contribution in [1.29, 1.82) is 5.26 Å². The summed E-state index contributed by atoms with van der Waals surface area (Å²) in [6, 6.07) is 37.9. The van der Waals surface area contributed by atoms with Gasteiger partial charge in [-0.05, 0) is 65.4 Å². The molecule has 0 atom stereocenters. The van der Waals surface area contributed by atoms with Crippen LogP contribution in [0.5, 0.6) is 0 Å². The van der Waals surface area contributed by atoms with Gasteiger partial charge >= 0.3 is 5.97 Å². The van der Waals surface area contributed by atoms with Gasteiger partial charge in [0, 0.05) is 47.9 Å². The van der Waals surface area contributed by atoms with Gasteiger partial charge in [-0.15, -0.1) is 22.7 Å². The standard InChI is InChI=1S/C20H13N3O2S.C18H11N3S/c24-18-11-16(23-25-18)12-6-7-14-17(10-12)22-20(15-8-9-26-19(14)15)21-13-4-2-1-3-5-13;19-11-12-6-7-14-16(10-12)21-18(15-8-9-22-17(14)15)20-13-4-2-1-3-5-13/h1-10H,11H2,(H,21,22);1-10H,(H,20,21). The van der Waals surface area contributed by atoms with Crippen molar-refractivity contribution in [2.24, 2.45) is 5.16 Å². The first-order chi connectivity index (χ1) is 23.6. The van der Waals surface area contributed by atoms with Crippen molar-refractivity contribution in [3.8, 4) is 6.07 Å². The maximum atomic E-state index is 11.3. The molecule has 10 heteroatoms. The van der Waals surface area contributed by atoms with E-state index in [4.69, 9.17) is 20.1 Å². The van der Waals surface area contributed by atoms with Crippen molar-refractivity contribution < 1.29 is 9.63 Å². The van der Waals surface area contributed by atoms with Gasteiger partial charge in [0.15, 0.2) is 0 Å². The number of hydrogen-bond donors (Lipinski definition) is 2. The van der Waals surface area contributed by atoms with Crippen LogP contribution in [0.15, 0.2) is 125 Å². The molecule has 0 amide bonds. The summed E-state index contributed by atoms with van der Waals surface area (Å²) in [7, 11) is 0. The second-order valence-corrected chi connectivity index (χ2v) is 12.8. The summed E-state index contributed by atoms with van der Waals surface area (Å²) in [5.74, 6) is 1.32. The number of nitrogens with one attached hydrogen (secondary N) is 2. The van der Waals surface area contributed by atoms with Crippen LogP contribution >= 0.6 is 22.7 Å². The second-order valence-electron chi connectivity index (χ2n) is 11.0. The zero-order valence-electron chi connectivity index (χ0n) is 25.2. The lowest BCUT2D eigenvalue weighted by atomic mass is 10.0. The van der Waals surface area contributed by atoms with Gasteiger partial charge in [-0.3, -0.25) is 0 Å². The highest BCUT2D eigenvalue weighted by Crippen LogP contribution is 2.36. The number of hydrogen-bond acceptors (Lipinski definition) is 10. The van der Waals surface area contributed by atoms with Crippen LogP contribution in [-0.2, 0) is 9.63 Å². The lowest BCUT2D eigenvalue weighted by Crippen LogP contribution is -2.01. The van der Waals surface area contributed by atoms with Crippen molar-refractivity contribution >= 4 is 99.3 Å². The normalized spacial score (nSPS) is 12.4. The molecule has 4 aromatic carbocycles. The van der Waals surface area contributed by atoms with Crippen LogP contribution in [0.2, 0.25) is 0 Å². The summed E-state index contributed by atoms with van der Waals surface area (Å²) < 4.78 is 2.37. The Kier molecular flexibility index (Phi) is 7.66. The van der Waals surface area contributed by atoms with Crippen LogP contribution in [0, 0.1) is 11.3 Å². The van der Waals surface area contributed by atoms with Gasteiger partial charge in [-0.1, -0.05) is 59.8 Å². The second kappa shape index (κ2) is 12.6. The van der Waals surface area contributed by atoms with E-state index in [0.29, 0.717) is 11.3 Å². The van der Waals surface area contributed by atoms with Gasteiger partial charge in [0.2, 0.25) is 0 Å². The molecule has 1 aliphatic rings. The Labute approximate surface area is 282 Å². The number of carbonyl (C=O) groups excluding carboxylic acids is 1. The minimum atomic E-state index is -0.326. The van der Waals surface area contributed by atoms with Crippen molar-refractivity contribution in [1.82, 2.24) is 9.97 Å². The summed E-state index contributed by atoms with van der Waals surface area (Å²) in [6.45, 7) is 0. The number of rotatable bonds is 5. The third-order valence-corrected chi connectivity index (χ3v) is 9.79. The molecule has 8 nitrogen and oxygen atoms in total. The number of fused-ring (bicyclic) bond motifs is 6. The summed E-state index contributed by atoms with van der Waals surface area (Å²) in [5.41, 5.74) is 5.81. The minimum Gasteiger partial charge on any atom is -0.340 e. The number of thiophene rings is 2. The van der Waals surface area contributed by atoms with Crippen molar-refractivity contribution in [2.75, 3.05) is 10.6 Å². The molecular weight excluding hydrogens is 637 g/mol. The number of para-hydroxylation sites is 2. The van der Waals surface area contributed by atoms with E-state index in [-0.39, 0.29) is 12.4 Å². The molecule has 230 valence electrons. The van der Waals surface area contributed by atoms with Gasteiger partial charge in [0.1, 0.15) is 11.6 Å². The molecule has 0 spiro atoms. The maximum Gasteiger partial charge on any atom is 0.341 e. The number of benzene rings is 4. The number of pyridine rings is 2. The molecule has 0 radical (unpaired) electrons. The van der Waals surface area contributed by atoms with E-state index >= 15 is 0 Å². The number of nitrogens with zero attached hydrogens (tertiary/aromatic N) is 4. The van der Waals surface area contributed by atoms with E-state index in [1.54, 1.807) is 22.7 Å². The quantitative estimate of drug-likeness (QED) is 0.177. The highest BCUT2D eigenvalue weighted by atomic mass is 32.1. The number of nitriles is 1. The smallest absolute Gasteiger partial charge is 0.340 e. The van der Waals surface area contributed by atoms with Crippen LogP contribution in [0.1, 0.15) is 17.5 Å². The predicted molar refractivity (Wildman–Crippen MR) is 196 cm³/mol. The topological polar surface area (TPSA) is 112 Å². The average molecular weight is 661 g/mol. The van der Waals surface area contributed by atoms with Gasteiger partial charge in [0.05, 0.1) is 34.8 Å². The summed E-state index contributed by atoms with van der Waals surface area (Å²) in [6.07, 6.45) is 0.196. The van der Waals surface area contributed by atoms with E-state index in [1.807, 2.05) is 97.1 Å². The van der Waals surface area contributed by atoms with Gasteiger partial charge in [-0.25, -0.2) is 14.8 Å². The zero-order chi connectivity index (χ0) is 32.5. The van der Waals surface area contributed by atoms with Gasteiger partial charge in [-0.2, -0.15) is 5.26 Å². The SMILES string of the molecule is N#Cc1ccc2c(c1)nc(Nc1ccccc1)c1ccsc12.O=C1CC(c2ccc3c(c2)nc(Nc2ccccc2)c2ccsc23)=NO1. The van der Waals surface area contributed by atoms with Crippen LogP contribution in [0.3, 0.4) is 0 Å². The van der Waals surface area contributed by atoms with Crippen molar-refractivity contribution in [3.63, 3.8) is 0 Å². The van der Waals surface area contributed by atoms with Crippen LogP contribution in [0.25, 0.3) is 42.0 Å². The Balaban J connectivity index is 0.000000142. The molecule has 8 aromatic rings. The Morgan fingerprint density at radius 2 is 1.23 bits per heavy atom. The predicted octanol–water partition coefficient (Wildman–Crippen LogP) is 9.91. The van der Waals surface area contributed by atoms with E-state index in [9.17, 15) is 4.79 Å². The molecule has 48 heavy (non-hydrogen) atoms. The lowest BCUT2D eigenvalue weighted by molar-refractivity contribution is -0.140. The minimum absolute atomic E-state index is 0.196. The average Bonchev–Trinajstić information content (AvgIpc) is 3.91. The van der Waals surface area contributed by atoms with E-state index in [2.05, 4.69) is 44.8 Å². The largest absolute Gasteiger partial charge is 0.341 e.